The molecule has 0 bridgehead atoms. The molecule has 1 unspecified atom stereocenters. The van der Waals surface area contributed by atoms with Gasteiger partial charge in [0, 0.05) is 10.4 Å². The van der Waals surface area contributed by atoms with Crippen molar-refractivity contribution in [2.24, 2.45) is 0 Å². The van der Waals surface area contributed by atoms with Gasteiger partial charge in [0.1, 0.15) is 0 Å². The Kier molecular flexibility index (Phi) is 4.63. The van der Waals surface area contributed by atoms with E-state index in [1.165, 1.54) is 5.56 Å². The van der Waals surface area contributed by atoms with Gasteiger partial charge in [0.05, 0.1) is 5.25 Å². The fraction of sp³-hybridized carbons (Fsp3) is 0.500. The van der Waals surface area contributed by atoms with E-state index in [-0.39, 0.29) is 16.7 Å². The fourth-order valence-electron chi connectivity index (χ4n) is 1.35. The predicted octanol–water partition coefficient (Wildman–Crippen LogP) is 3.39. The summed E-state index contributed by atoms with van der Waals surface area (Å²) in [5, 5.41) is 2.92. The summed E-state index contributed by atoms with van der Waals surface area (Å²) in [6, 6.07) is 8.25. The zero-order valence-corrected chi connectivity index (χ0v) is 12.0. The minimum atomic E-state index is -0.167. The molecule has 2 nitrogen and oxygen atoms in total. The fourth-order valence-corrected chi connectivity index (χ4v) is 2.21. The van der Waals surface area contributed by atoms with Crippen molar-refractivity contribution in [2.45, 2.75) is 50.3 Å². The average molecular weight is 251 g/mol. The van der Waals surface area contributed by atoms with Crippen LogP contribution in [-0.2, 0) is 4.79 Å². The molecule has 0 heterocycles. The lowest BCUT2D eigenvalue weighted by Gasteiger charge is -2.23. The van der Waals surface area contributed by atoms with Crippen molar-refractivity contribution in [1.82, 2.24) is 5.32 Å². The molecule has 1 rings (SSSR count). The number of carbonyl (C=O) groups is 1. The van der Waals surface area contributed by atoms with Gasteiger partial charge in [-0.1, -0.05) is 17.7 Å². The number of benzene rings is 1. The third kappa shape index (κ3) is 5.26. The average Bonchev–Trinajstić information content (AvgIpc) is 2.19. The van der Waals surface area contributed by atoms with E-state index in [9.17, 15) is 4.79 Å². The van der Waals surface area contributed by atoms with Gasteiger partial charge >= 0.3 is 0 Å². The number of hydrogen-bond donors (Lipinski definition) is 1. The third-order valence-corrected chi connectivity index (χ3v) is 3.31. The maximum Gasteiger partial charge on any atom is 0.233 e. The summed E-state index contributed by atoms with van der Waals surface area (Å²) >= 11 is 1.59. The predicted molar refractivity (Wildman–Crippen MR) is 74.4 cm³/mol. The Morgan fingerprint density at radius 3 is 2.24 bits per heavy atom. The van der Waals surface area contributed by atoms with Crippen LogP contribution in [0.15, 0.2) is 29.2 Å². The van der Waals surface area contributed by atoms with Crippen molar-refractivity contribution in [3.63, 3.8) is 0 Å². The molecular formula is C14H21NOS. The maximum absolute atomic E-state index is 11.9. The van der Waals surface area contributed by atoms with Crippen LogP contribution in [-0.4, -0.2) is 16.7 Å². The second-order valence-electron chi connectivity index (χ2n) is 5.31. The summed E-state index contributed by atoms with van der Waals surface area (Å²) in [5.41, 5.74) is 1.07. The minimum Gasteiger partial charge on any atom is -0.351 e. The van der Waals surface area contributed by atoms with E-state index in [0.29, 0.717) is 0 Å². The van der Waals surface area contributed by atoms with Crippen molar-refractivity contribution in [3.8, 4) is 0 Å². The zero-order valence-electron chi connectivity index (χ0n) is 11.2. The molecule has 0 aliphatic heterocycles. The van der Waals surface area contributed by atoms with Gasteiger partial charge in [-0.05, 0) is 46.8 Å². The molecule has 1 atom stereocenters. The highest BCUT2D eigenvalue weighted by Gasteiger charge is 2.19. The molecule has 1 N–H and O–H groups in total. The highest BCUT2D eigenvalue weighted by molar-refractivity contribution is 8.00. The number of hydrogen-bond acceptors (Lipinski definition) is 2. The largest absolute Gasteiger partial charge is 0.351 e. The number of amides is 1. The first-order chi connectivity index (χ1) is 7.78. The highest BCUT2D eigenvalue weighted by atomic mass is 32.2. The van der Waals surface area contributed by atoms with E-state index in [1.54, 1.807) is 11.8 Å². The van der Waals surface area contributed by atoms with Gasteiger partial charge in [0.15, 0.2) is 0 Å². The Balaban J connectivity index is 2.57. The lowest BCUT2D eigenvalue weighted by molar-refractivity contribution is -0.121. The van der Waals surface area contributed by atoms with E-state index < -0.39 is 0 Å². The van der Waals surface area contributed by atoms with Crippen LogP contribution in [0.2, 0.25) is 0 Å². The number of rotatable bonds is 3. The molecule has 0 radical (unpaired) electrons. The first-order valence-electron chi connectivity index (χ1n) is 5.83. The van der Waals surface area contributed by atoms with Crippen LogP contribution in [0, 0.1) is 6.92 Å². The molecule has 0 fully saturated rings. The zero-order chi connectivity index (χ0) is 13.1. The summed E-state index contributed by atoms with van der Waals surface area (Å²) in [7, 11) is 0. The van der Waals surface area contributed by atoms with Crippen LogP contribution in [0.1, 0.15) is 33.3 Å². The molecule has 1 aromatic carbocycles. The summed E-state index contributed by atoms with van der Waals surface area (Å²) < 4.78 is 0. The molecule has 3 heteroatoms. The van der Waals surface area contributed by atoms with Crippen molar-refractivity contribution in [2.75, 3.05) is 0 Å². The quantitative estimate of drug-likeness (QED) is 0.834. The van der Waals surface area contributed by atoms with Crippen LogP contribution in [0.4, 0.5) is 0 Å². The van der Waals surface area contributed by atoms with Crippen LogP contribution in [0.5, 0.6) is 0 Å². The van der Waals surface area contributed by atoms with Crippen LogP contribution >= 0.6 is 11.8 Å². The van der Waals surface area contributed by atoms with Crippen LogP contribution < -0.4 is 5.32 Å². The highest BCUT2D eigenvalue weighted by Crippen LogP contribution is 2.23. The van der Waals surface area contributed by atoms with Gasteiger partial charge in [-0.3, -0.25) is 4.79 Å². The standard InChI is InChI=1S/C14H21NOS/c1-10-6-8-12(9-7-10)17-11(2)13(16)15-14(3,4)5/h6-9,11H,1-5H3,(H,15,16). The van der Waals surface area contributed by atoms with E-state index >= 15 is 0 Å². The molecular weight excluding hydrogens is 230 g/mol. The van der Waals surface area contributed by atoms with Gasteiger partial charge in [-0.15, -0.1) is 11.8 Å². The molecule has 0 saturated heterocycles. The second-order valence-corrected chi connectivity index (χ2v) is 6.73. The first kappa shape index (κ1) is 14.1. The van der Waals surface area contributed by atoms with E-state index in [1.807, 2.05) is 27.7 Å². The van der Waals surface area contributed by atoms with Crippen molar-refractivity contribution < 1.29 is 4.79 Å². The van der Waals surface area contributed by atoms with E-state index in [2.05, 4.69) is 36.5 Å². The molecule has 94 valence electrons. The van der Waals surface area contributed by atoms with Gasteiger partial charge in [0.25, 0.3) is 0 Å². The molecule has 0 aliphatic carbocycles. The molecule has 17 heavy (non-hydrogen) atoms. The molecule has 0 saturated carbocycles. The Hall–Kier alpha value is -0.960. The summed E-state index contributed by atoms with van der Waals surface area (Å²) in [5.74, 6) is 0.0862. The monoisotopic (exact) mass is 251 g/mol. The Morgan fingerprint density at radius 1 is 1.24 bits per heavy atom. The van der Waals surface area contributed by atoms with Crippen LogP contribution in [0.25, 0.3) is 0 Å². The SMILES string of the molecule is Cc1ccc(SC(C)C(=O)NC(C)(C)C)cc1. The summed E-state index contributed by atoms with van der Waals surface area (Å²) in [6.07, 6.45) is 0. The number of aryl methyl sites for hydroxylation is 1. The summed E-state index contributed by atoms with van der Waals surface area (Å²) in [6.45, 7) is 9.98. The van der Waals surface area contributed by atoms with E-state index in [4.69, 9.17) is 0 Å². The lowest BCUT2D eigenvalue weighted by atomic mass is 10.1. The Labute approximate surface area is 108 Å². The molecule has 0 spiro atoms. The number of thioether (sulfide) groups is 1. The van der Waals surface area contributed by atoms with E-state index in [0.717, 1.165) is 4.90 Å². The molecule has 0 aliphatic rings. The van der Waals surface area contributed by atoms with Gasteiger partial charge < -0.3 is 5.32 Å². The lowest BCUT2D eigenvalue weighted by Crippen LogP contribution is -2.44. The minimum absolute atomic E-state index is 0.0723. The maximum atomic E-state index is 11.9. The topological polar surface area (TPSA) is 29.1 Å². The number of carbonyl (C=O) groups excluding carboxylic acids is 1. The second kappa shape index (κ2) is 5.58. The first-order valence-corrected chi connectivity index (χ1v) is 6.71. The van der Waals surface area contributed by atoms with Crippen molar-refractivity contribution >= 4 is 17.7 Å². The summed E-state index contributed by atoms with van der Waals surface area (Å²) in [4.78, 5) is 13.0. The van der Waals surface area contributed by atoms with Crippen molar-refractivity contribution in [1.29, 1.82) is 0 Å². The van der Waals surface area contributed by atoms with Gasteiger partial charge in [-0.25, -0.2) is 0 Å². The number of nitrogens with one attached hydrogen (secondary N) is 1. The Bertz CT molecular complexity index is 378. The molecule has 1 aromatic rings. The van der Waals surface area contributed by atoms with Crippen molar-refractivity contribution in [3.05, 3.63) is 29.8 Å². The normalized spacial score (nSPS) is 13.2. The smallest absolute Gasteiger partial charge is 0.233 e. The van der Waals surface area contributed by atoms with Gasteiger partial charge in [-0.2, -0.15) is 0 Å². The van der Waals surface area contributed by atoms with Crippen LogP contribution in [0.3, 0.4) is 0 Å². The molecule has 1 amide bonds. The van der Waals surface area contributed by atoms with Gasteiger partial charge in [0.2, 0.25) is 5.91 Å². The Morgan fingerprint density at radius 2 is 1.76 bits per heavy atom. The molecule has 0 aromatic heterocycles. The third-order valence-electron chi connectivity index (χ3n) is 2.20.